The zero-order valence-electron chi connectivity index (χ0n) is 8.79. The summed E-state index contributed by atoms with van der Waals surface area (Å²) in [6, 6.07) is 4.87. The Morgan fingerprint density at radius 3 is 2.87 bits per heavy atom. The van der Waals surface area contributed by atoms with Crippen LogP contribution in [0.1, 0.15) is 24.0 Å². The molecule has 2 nitrogen and oxygen atoms in total. The number of hydrogen-bond donors (Lipinski definition) is 1. The van der Waals surface area contributed by atoms with Gasteiger partial charge in [-0.15, -0.1) is 0 Å². The first kappa shape index (κ1) is 10.6. The molecule has 0 bridgehead atoms. The number of halogens is 1. The number of rotatable bonds is 1. The molecular weight excluding hydrogens is 195 g/mol. The van der Waals surface area contributed by atoms with E-state index < -0.39 is 5.60 Å². The highest BCUT2D eigenvalue weighted by molar-refractivity contribution is 5.28. The number of aryl methyl sites for hydroxylation is 1. The van der Waals surface area contributed by atoms with E-state index in [0.29, 0.717) is 24.2 Å². The number of benzene rings is 1. The first-order valence-electron chi connectivity index (χ1n) is 5.19. The smallest absolute Gasteiger partial charge is 0.126 e. The van der Waals surface area contributed by atoms with Gasteiger partial charge >= 0.3 is 0 Å². The molecule has 1 aliphatic heterocycles. The first-order chi connectivity index (χ1) is 7.12. The minimum Gasteiger partial charge on any atom is -0.383 e. The van der Waals surface area contributed by atoms with Crippen LogP contribution in [0, 0.1) is 12.7 Å². The van der Waals surface area contributed by atoms with Crippen LogP contribution >= 0.6 is 0 Å². The number of ether oxygens (including phenoxy) is 1. The van der Waals surface area contributed by atoms with E-state index in [1.165, 1.54) is 6.07 Å². The second-order valence-electron chi connectivity index (χ2n) is 4.15. The molecule has 1 N–H and O–H groups in total. The van der Waals surface area contributed by atoms with Gasteiger partial charge in [0.05, 0.1) is 6.61 Å². The van der Waals surface area contributed by atoms with Crippen LogP contribution in [0.5, 0.6) is 0 Å². The molecule has 0 amide bonds. The summed E-state index contributed by atoms with van der Waals surface area (Å²) < 4.78 is 18.6. The van der Waals surface area contributed by atoms with Crippen molar-refractivity contribution in [2.75, 3.05) is 13.2 Å². The molecule has 82 valence electrons. The molecule has 0 aliphatic carbocycles. The molecule has 0 radical (unpaired) electrons. The zero-order valence-corrected chi connectivity index (χ0v) is 8.79. The highest BCUT2D eigenvalue weighted by Gasteiger charge is 2.32. The quantitative estimate of drug-likeness (QED) is 0.769. The van der Waals surface area contributed by atoms with Gasteiger partial charge in [0, 0.05) is 6.61 Å². The Kier molecular flexibility index (Phi) is 2.76. The highest BCUT2D eigenvalue weighted by Crippen LogP contribution is 2.30. The molecule has 1 aromatic rings. The van der Waals surface area contributed by atoms with Gasteiger partial charge in [0.1, 0.15) is 11.4 Å². The van der Waals surface area contributed by atoms with E-state index in [2.05, 4.69) is 0 Å². The number of hydrogen-bond acceptors (Lipinski definition) is 2. The zero-order chi connectivity index (χ0) is 10.9. The van der Waals surface area contributed by atoms with Crippen molar-refractivity contribution in [3.63, 3.8) is 0 Å². The van der Waals surface area contributed by atoms with E-state index >= 15 is 0 Å². The Balaban J connectivity index is 2.31. The van der Waals surface area contributed by atoms with Crippen molar-refractivity contribution in [1.29, 1.82) is 0 Å². The summed E-state index contributed by atoms with van der Waals surface area (Å²) >= 11 is 0. The Morgan fingerprint density at radius 2 is 2.27 bits per heavy atom. The molecule has 1 fully saturated rings. The monoisotopic (exact) mass is 210 g/mol. The van der Waals surface area contributed by atoms with Gasteiger partial charge in [-0.25, -0.2) is 4.39 Å². The van der Waals surface area contributed by atoms with Crippen LogP contribution in [-0.4, -0.2) is 18.3 Å². The van der Waals surface area contributed by atoms with Crippen molar-refractivity contribution in [2.45, 2.75) is 25.4 Å². The molecule has 3 heteroatoms. The lowest BCUT2D eigenvalue weighted by molar-refractivity contribution is -0.0904. The SMILES string of the molecule is Cc1ccc(C2(O)CCCOC2)cc1F. The average molecular weight is 210 g/mol. The normalized spacial score (nSPS) is 26.6. The van der Waals surface area contributed by atoms with Gasteiger partial charge in [-0.3, -0.25) is 0 Å². The van der Waals surface area contributed by atoms with Crippen LogP contribution in [-0.2, 0) is 10.3 Å². The lowest BCUT2D eigenvalue weighted by atomic mass is 9.88. The van der Waals surface area contributed by atoms with E-state index in [9.17, 15) is 9.50 Å². The third-order valence-corrected chi connectivity index (χ3v) is 2.93. The molecule has 1 heterocycles. The molecule has 0 aromatic heterocycles. The molecular formula is C12H15FO2. The molecule has 1 aliphatic rings. The van der Waals surface area contributed by atoms with E-state index in [0.717, 1.165) is 6.42 Å². The average Bonchev–Trinajstić information content (AvgIpc) is 2.23. The Hall–Kier alpha value is -0.930. The molecule has 0 spiro atoms. The van der Waals surface area contributed by atoms with Crippen molar-refractivity contribution in [1.82, 2.24) is 0 Å². The Labute approximate surface area is 88.7 Å². The molecule has 1 unspecified atom stereocenters. The third kappa shape index (κ3) is 2.03. The van der Waals surface area contributed by atoms with E-state index in [4.69, 9.17) is 4.74 Å². The van der Waals surface area contributed by atoms with Crippen LogP contribution < -0.4 is 0 Å². The minimum absolute atomic E-state index is 0.259. The van der Waals surface area contributed by atoms with Crippen LogP contribution in [0.4, 0.5) is 4.39 Å². The van der Waals surface area contributed by atoms with Gasteiger partial charge in [0.25, 0.3) is 0 Å². The number of aliphatic hydroxyl groups is 1. The predicted molar refractivity (Wildman–Crippen MR) is 55.1 cm³/mol. The van der Waals surface area contributed by atoms with Crippen molar-refractivity contribution in [3.05, 3.63) is 35.1 Å². The van der Waals surface area contributed by atoms with Gasteiger partial charge in [-0.2, -0.15) is 0 Å². The van der Waals surface area contributed by atoms with E-state index in [1.807, 2.05) is 0 Å². The fraction of sp³-hybridized carbons (Fsp3) is 0.500. The minimum atomic E-state index is -1.01. The fourth-order valence-electron chi connectivity index (χ4n) is 1.89. The van der Waals surface area contributed by atoms with Gasteiger partial charge in [-0.1, -0.05) is 12.1 Å². The molecule has 1 saturated heterocycles. The second-order valence-corrected chi connectivity index (χ2v) is 4.15. The summed E-state index contributed by atoms with van der Waals surface area (Å²) in [6.07, 6.45) is 1.45. The van der Waals surface area contributed by atoms with Gasteiger partial charge in [0.15, 0.2) is 0 Å². The summed E-state index contributed by atoms with van der Waals surface area (Å²) in [5.41, 5.74) is 0.205. The van der Waals surface area contributed by atoms with Crippen molar-refractivity contribution >= 4 is 0 Å². The maximum absolute atomic E-state index is 13.4. The van der Waals surface area contributed by atoms with Crippen molar-refractivity contribution in [2.24, 2.45) is 0 Å². The van der Waals surface area contributed by atoms with Crippen LogP contribution in [0.25, 0.3) is 0 Å². The standard InChI is InChI=1S/C12H15FO2/c1-9-3-4-10(7-11(9)13)12(14)5-2-6-15-8-12/h3-4,7,14H,2,5-6,8H2,1H3. The predicted octanol–water partition coefficient (Wildman–Crippen LogP) is 2.13. The summed E-state index contributed by atoms with van der Waals surface area (Å²) in [4.78, 5) is 0. The van der Waals surface area contributed by atoms with Crippen LogP contribution in [0.15, 0.2) is 18.2 Å². The Morgan fingerprint density at radius 1 is 1.47 bits per heavy atom. The Bertz CT molecular complexity index is 357. The maximum Gasteiger partial charge on any atom is 0.126 e. The van der Waals surface area contributed by atoms with Crippen LogP contribution in [0.2, 0.25) is 0 Å². The van der Waals surface area contributed by atoms with E-state index in [1.54, 1.807) is 19.1 Å². The van der Waals surface area contributed by atoms with Gasteiger partial charge in [-0.05, 0) is 37.0 Å². The molecule has 0 saturated carbocycles. The third-order valence-electron chi connectivity index (χ3n) is 2.93. The molecule has 2 rings (SSSR count). The fourth-order valence-corrected chi connectivity index (χ4v) is 1.89. The summed E-state index contributed by atoms with van der Waals surface area (Å²) in [7, 11) is 0. The highest BCUT2D eigenvalue weighted by atomic mass is 19.1. The summed E-state index contributed by atoms with van der Waals surface area (Å²) in [5, 5.41) is 10.3. The second kappa shape index (κ2) is 3.91. The van der Waals surface area contributed by atoms with E-state index in [-0.39, 0.29) is 12.4 Å². The molecule has 15 heavy (non-hydrogen) atoms. The molecule has 1 aromatic carbocycles. The van der Waals surface area contributed by atoms with Crippen molar-refractivity contribution < 1.29 is 14.2 Å². The maximum atomic E-state index is 13.4. The summed E-state index contributed by atoms with van der Waals surface area (Å²) in [6.45, 7) is 2.65. The topological polar surface area (TPSA) is 29.5 Å². The van der Waals surface area contributed by atoms with Gasteiger partial charge < -0.3 is 9.84 Å². The largest absolute Gasteiger partial charge is 0.383 e. The van der Waals surface area contributed by atoms with Gasteiger partial charge in [0.2, 0.25) is 0 Å². The summed E-state index contributed by atoms with van der Waals surface area (Å²) in [5.74, 6) is -0.272. The lowest BCUT2D eigenvalue weighted by Crippen LogP contribution is -2.35. The first-order valence-corrected chi connectivity index (χ1v) is 5.19. The molecule has 1 atom stereocenters. The lowest BCUT2D eigenvalue weighted by Gasteiger charge is -2.32. The van der Waals surface area contributed by atoms with Crippen LogP contribution in [0.3, 0.4) is 0 Å². The van der Waals surface area contributed by atoms with Crippen molar-refractivity contribution in [3.8, 4) is 0 Å².